The summed E-state index contributed by atoms with van der Waals surface area (Å²) in [6, 6.07) is 6.40. The molecule has 1 aromatic carbocycles. The van der Waals surface area contributed by atoms with Gasteiger partial charge in [-0.1, -0.05) is 23.6 Å². The van der Waals surface area contributed by atoms with Gasteiger partial charge in [-0.3, -0.25) is 4.79 Å². The van der Waals surface area contributed by atoms with E-state index in [0.717, 1.165) is 0 Å². The number of thioether (sulfide) groups is 1. The Morgan fingerprint density at radius 3 is 2.94 bits per heavy atom. The van der Waals surface area contributed by atoms with Crippen LogP contribution in [0.4, 0.5) is 4.39 Å². The van der Waals surface area contributed by atoms with E-state index in [1.807, 2.05) is 6.07 Å². The van der Waals surface area contributed by atoms with E-state index in [4.69, 9.17) is 5.26 Å². The normalized spacial score (nSPS) is 9.17. The summed E-state index contributed by atoms with van der Waals surface area (Å²) in [5, 5.41) is 8.62. The van der Waals surface area contributed by atoms with E-state index in [1.165, 1.54) is 24.8 Å². The molecule has 1 aromatic rings. The topological polar surface area (TPSA) is 40.9 Å². The van der Waals surface area contributed by atoms with E-state index in [-0.39, 0.29) is 17.4 Å². The Morgan fingerprint density at radius 1 is 1.50 bits per heavy atom. The lowest BCUT2D eigenvalue weighted by Gasteiger charge is -1.98. The Morgan fingerprint density at radius 2 is 2.28 bits per heavy atom. The third-order valence-electron chi connectivity index (χ3n) is 2.08. The van der Waals surface area contributed by atoms with Crippen molar-refractivity contribution in [1.29, 1.82) is 5.26 Å². The molecule has 0 radical (unpaired) electrons. The van der Waals surface area contributed by atoms with E-state index in [9.17, 15) is 9.18 Å². The van der Waals surface area contributed by atoms with Gasteiger partial charge in [0.15, 0.2) is 5.12 Å². The zero-order chi connectivity index (χ0) is 13.4. The van der Waals surface area contributed by atoms with Crippen LogP contribution >= 0.6 is 11.8 Å². The maximum Gasteiger partial charge on any atom is 0.185 e. The predicted octanol–water partition coefficient (Wildman–Crippen LogP) is 2.91. The molecule has 0 aromatic heterocycles. The average molecular weight is 261 g/mol. The molecule has 0 heterocycles. The highest BCUT2D eigenvalue weighted by atomic mass is 32.2. The van der Waals surface area contributed by atoms with Gasteiger partial charge in [-0.2, -0.15) is 5.26 Å². The second kappa shape index (κ2) is 7.53. The highest BCUT2D eigenvalue weighted by Gasteiger charge is 2.01. The molecule has 4 heteroatoms. The molecule has 0 fully saturated rings. The van der Waals surface area contributed by atoms with Crippen LogP contribution in [-0.2, 0) is 11.2 Å². The Kier molecular flexibility index (Phi) is 5.97. The van der Waals surface area contributed by atoms with E-state index >= 15 is 0 Å². The van der Waals surface area contributed by atoms with E-state index in [1.54, 1.807) is 12.1 Å². The standard InChI is InChI=1S/C14H12FNOS/c1-11(17)18-9-3-2-4-12-5-6-14(15)13(10-12)7-8-16/h5-6,10H,3,7,9H2,1H3. The molecule has 0 bridgehead atoms. The van der Waals surface area contributed by atoms with Gasteiger partial charge in [0.2, 0.25) is 0 Å². The molecule has 0 spiro atoms. The van der Waals surface area contributed by atoms with Crippen LogP contribution in [0.5, 0.6) is 0 Å². The summed E-state index contributed by atoms with van der Waals surface area (Å²) in [6.07, 6.45) is 0.650. The molecule has 0 saturated heterocycles. The second-order valence-corrected chi connectivity index (χ2v) is 4.80. The zero-order valence-corrected chi connectivity index (χ0v) is 10.8. The first-order valence-electron chi connectivity index (χ1n) is 5.41. The van der Waals surface area contributed by atoms with Gasteiger partial charge in [0, 0.05) is 30.2 Å². The van der Waals surface area contributed by atoms with Crippen LogP contribution in [0.25, 0.3) is 0 Å². The summed E-state index contributed by atoms with van der Waals surface area (Å²) < 4.78 is 13.2. The van der Waals surface area contributed by atoms with Crippen LogP contribution < -0.4 is 0 Å². The molecule has 0 aliphatic heterocycles. The van der Waals surface area contributed by atoms with Gasteiger partial charge in [-0.25, -0.2) is 4.39 Å². The van der Waals surface area contributed by atoms with Crippen molar-refractivity contribution in [3.8, 4) is 17.9 Å². The van der Waals surface area contributed by atoms with Crippen molar-refractivity contribution in [3.63, 3.8) is 0 Å². The van der Waals surface area contributed by atoms with Crippen LogP contribution in [0.2, 0.25) is 0 Å². The fourth-order valence-electron chi connectivity index (χ4n) is 1.28. The molecule has 0 saturated carbocycles. The number of nitriles is 1. The van der Waals surface area contributed by atoms with Crippen molar-refractivity contribution < 1.29 is 9.18 Å². The molecular weight excluding hydrogens is 249 g/mol. The Bertz CT molecular complexity index is 537. The predicted molar refractivity (Wildman–Crippen MR) is 70.4 cm³/mol. The first-order valence-corrected chi connectivity index (χ1v) is 6.39. The number of carbonyl (C=O) groups excluding carboxylic acids is 1. The van der Waals surface area contributed by atoms with Crippen LogP contribution in [0.3, 0.4) is 0 Å². The fourth-order valence-corrected chi connectivity index (χ4v) is 1.78. The van der Waals surface area contributed by atoms with Crippen molar-refractivity contribution in [2.45, 2.75) is 19.8 Å². The monoisotopic (exact) mass is 261 g/mol. The highest BCUT2D eigenvalue weighted by molar-refractivity contribution is 8.13. The van der Waals surface area contributed by atoms with Crippen molar-refractivity contribution in [2.24, 2.45) is 0 Å². The molecule has 0 amide bonds. The number of hydrogen-bond acceptors (Lipinski definition) is 3. The number of rotatable bonds is 3. The van der Waals surface area contributed by atoms with Crippen molar-refractivity contribution in [3.05, 3.63) is 35.1 Å². The lowest BCUT2D eigenvalue weighted by molar-refractivity contribution is -0.109. The van der Waals surface area contributed by atoms with E-state index < -0.39 is 0 Å². The quantitative estimate of drug-likeness (QED) is 0.620. The molecule has 1 rings (SSSR count). The minimum Gasteiger partial charge on any atom is -0.288 e. The third-order valence-corrected chi connectivity index (χ3v) is 2.90. The molecular formula is C14H12FNOS. The maximum atomic E-state index is 13.2. The minimum absolute atomic E-state index is 0.0432. The summed E-state index contributed by atoms with van der Waals surface area (Å²) in [7, 11) is 0. The lowest BCUT2D eigenvalue weighted by atomic mass is 10.1. The summed E-state index contributed by atoms with van der Waals surface area (Å²) in [4.78, 5) is 10.7. The Hall–Kier alpha value is -1.78. The third kappa shape index (κ3) is 5.03. The van der Waals surface area contributed by atoms with Gasteiger partial charge in [-0.05, 0) is 18.2 Å². The number of nitrogens with zero attached hydrogens (tertiary/aromatic N) is 1. The summed E-state index contributed by atoms with van der Waals surface area (Å²) >= 11 is 1.24. The van der Waals surface area contributed by atoms with Gasteiger partial charge in [0.05, 0.1) is 12.5 Å². The molecule has 0 unspecified atom stereocenters. The van der Waals surface area contributed by atoms with Crippen molar-refractivity contribution >= 4 is 16.9 Å². The minimum atomic E-state index is -0.380. The van der Waals surface area contributed by atoms with Gasteiger partial charge in [0.1, 0.15) is 5.82 Å². The van der Waals surface area contributed by atoms with Gasteiger partial charge in [-0.15, -0.1) is 0 Å². The van der Waals surface area contributed by atoms with Crippen molar-refractivity contribution in [2.75, 3.05) is 5.75 Å². The smallest absolute Gasteiger partial charge is 0.185 e. The summed E-state index contributed by atoms with van der Waals surface area (Å²) in [6.45, 7) is 1.52. The Balaban J connectivity index is 2.62. The number of benzene rings is 1. The first-order chi connectivity index (χ1) is 8.63. The first kappa shape index (κ1) is 14.3. The van der Waals surface area contributed by atoms with Crippen LogP contribution in [-0.4, -0.2) is 10.9 Å². The van der Waals surface area contributed by atoms with E-state index in [0.29, 0.717) is 23.3 Å². The average Bonchev–Trinajstić information content (AvgIpc) is 2.32. The van der Waals surface area contributed by atoms with Crippen molar-refractivity contribution in [1.82, 2.24) is 0 Å². The lowest BCUT2D eigenvalue weighted by Crippen LogP contribution is -1.90. The molecule has 92 valence electrons. The molecule has 0 aliphatic carbocycles. The molecule has 0 atom stereocenters. The number of carbonyl (C=O) groups is 1. The number of halogens is 1. The highest BCUT2D eigenvalue weighted by Crippen LogP contribution is 2.10. The van der Waals surface area contributed by atoms with Gasteiger partial charge < -0.3 is 0 Å². The van der Waals surface area contributed by atoms with Crippen LogP contribution in [0, 0.1) is 29.0 Å². The molecule has 18 heavy (non-hydrogen) atoms. The number of hydrogen-bond donors (Lipinski definition) is 0. The van der Waals surface area contributed by atoms with Gasteiger partial charge >= 0.3 is 0 Å². The largest absolute Gasteiger partial charge is 0.288 e. The molecule has 2 nitrogen and oxygen atoms in total. The molecule has 0 N–H and O–H groups in total. The SMILES string of the molecule is CC(=O)SCCC#Cc1ccc(F)c(CC#N)c1. The van der Waals surface area contributed by atoms with Crippen LogP contribution in [0.1, 0.15) is 24.5 Å². The zero-order valence-electron chi connectivity index (χ0n) is 10.00. The summed E-state index contributed by atoms with van der Waals surface area (Å²) in [5.74, 6) is 6.09. The van der Waals surface area contributed by atoms with E-state index in [2.05, 4.69) is 11.8 Å². The Labute approximate surface area is 110 Å². The van der Waals surface area contributed by atoms with Crippen LogP contribution in [0.15, 0.2) is 18.2 Å². The second-order valence-electron chi connectivity index (χ2n) is 3.53. The summed E-state index contributed by atoms with van der Waals surface area (Å²) in [5.41, 5.74) is 1.05. The fraction of sp³-hybridized carbons (Fsp3) is 0.286. The molecule has 0 aliphatic rings. The maximum absolute atomic E-state index is 13.2. The van der Waals surface area contributed by atoms with Gasteiger partial charge in [0.25, 0.3) is 0 Å².